The standard InChI is InChI=1S/C38H32ClF3N6O8.ClH/c1-46-7-9-47(10-8-46)37(53)56-27-15-25-29(30-31(36(51)52)33(38(40,41)42)45-32(27)30)20(16-39)17-48(25)35(50)24-13-18-11-21(3-5-23(18)44-24)43-34(49)28-14-19-12-22(54-2)4-6-26(19)55-28;/h3-6,11-15,20,44-45H,7-10,16-17H2,1-2H3,(H,43,49)(H,51,52);1H/t20-;/m1./s1. The van der Waals surface area contributed by atoms with Crippen LogP contribution in [0, 0.1) is 0 Å². The molecule has 0 bridgehead atoms. The van der Waals surface area contributed by atoms with Crippen molar-refractivity contribution in [3.8, 4) is 11.5 Å². The molecule has 0 radical (unpaired) electrons. The molecule has 19 heteroatoms. The van der Waals surface area contributed by atoms with Gasteiger partial charge in [0.15, 0.2) is 11.5 Å². The van der Waals surface area contributed by atoms with E-state index in [9.17, 15) is 37.5 Å². The lowest BCUT2D eigenvalue weighted by molar-refractivity contribution is -0.141. The number of H-pyrrole nitrogens is 2. The number of ether oxygens (including phenoxy) is 2. The van der Waals surface area contributed by atoms with Crippen molar-refractivity contribution in [1.29, 1.82) is 0 Å². The fraction of sp³-hybridized carbons (Fsp3) is 0.263. The van der Waals surface area contributed by atoms with Crippen LogP contribution in [0.3, 0.4) is 0 Å². The molecule has 6 aromatic rings. The maximum absolute atomic E-state index is 14.3. The number of likely N-dealkylation sites (N-methyl/N-ethyl adjacent to an activating group) is 1. The molecular weight excluding hydrogens is 796 g/mol. The highest BCUT2D eigenvalue weighted by Crippen LogP contribution is 2.49. The zero-order valence-corrected chi connectivity index (χ0v) is 31.7. The van der Waals surface area contributed by atoms with Gasteiger partial charge in [-0.15, -0.1) is 24.0 Å². The Morgan fingerprint density at radius 1 is 1.00 bits per heavy atom. The summed E-state index contributed by atoms with van der Waals surface area (Å²) in [6.07, 6.45) is -5.96. The molecule has 0 aliphatic carbocycles. The first-order valence-electron chi connectivity index (χ1n) is 17.3. The van der Waals surface area contributed by atoms with Crippen molar-refractivity contribution in [3.05, 3.63) is 82.9 Å². The Kier molecular flexibility index (Phi) is 10.3. The molecule has 0 unspecified atom stereocenters. The Balaban J connectivity index is 0.00000496. The number of rotatable bonds is 7. The van der Waals surface area contributed by atoms with Crippen molar-refractivity contribution < 1.29 is 51.3 Å². The van der Waals surface area contributed by atoms with Gasteiger partial charge in [0.25, 0.3) is 11.8 Å². The lowest BCUT2D eigenvalue weighted by atomic mass is 9.95. The average molecular weight is 830 g/mol. The number of fused-ring (bicyclic) bond motifs is 5. The third-order valence-corrected chi connectivity index (χ3v) is 10.5. The van der Waals surface area contributed by atoms with E-state index in [4.69, 9.17) is 25.5 Å². The fourth-order valence-corrected chi connectivity index (χ4v) is 7.55. The summed E-state index contributed by atoms with van der Waals surface area (Å²) < 4.78 is 59.6. The van der Waals surface area contributed by atoms with Crippen molar-refractivity contribution in [3.63, 3.8) is 0 Å². The van der Waals surface area contributed by atoms with Gasteiger partial charge in [0.1, 0.15) is 22.7 Å². The largest absolute Gasteiger partial charge is 0.497 e. The average Bonchev–Trinajstić information content (AvgIpc) is 3.96. The maximum atomic E-state index is 14.3. The summed E-state index contributed by atoms with van der Waals surface area (Å²) in [5.41, 5.74) is -1.33. The number of methoxy groups -OCH3 is 1. The molecule has 5 heterocycles. The number of carboxylic acids is 1. The summed E-state index contributed by atoms with van der Waals surface area (Å²) in [5, 5.41) is 13.8. The van der Waals surface area contributed by atoms with Crippen LogP contribution >= 0.6 is 24.0 Å². The summed E-state index contributed by atoms with van der Waals surface area (Å²) in [6, 6.07) is 14.5. The number of nitrogens with one attached hydrogen (secondary N) is 3. The van der Waals surface area contributed by atoms with Gasteiger partial charge in [-0.05, 0) is 61.1 Å². The van der Waals surface area contributed by atoms with Crippen LogP contribution in [0.4, 0.5) is 29.3 Å². The van der Waals surface area contributed by atoms with Gasteiger partial charge < -0.3 is 49.0 Å². The van der Waals surface area contributed by atoms with Gasteiger partial charge in [0.05, 0.1) is 23.9 Å². The maximum Gasteiger partial charge on any atom is 0.432 e. The molecule has 0 saturated carbocycles. The third-order valence-electron chi connectivity index (χ3n) is 10.1. The van der Waals surface area contributed by atoms with E-state index in [0.717, 1.165) is 0 Å². The van der Waals surface area contributed by atoms with Crippen LogP contribution in [0.2, 0.25) is 0 Å². The second-order valence-corrected chi connectivity index (χ2v) is 13.9. The van der Waals surface area contributed by atoms with E-state index in [2.05, 4.69) is 15.3 Å². The first-order chi connectivity index (χ1) is 26.7. The predicted octanol–water partition coefficient (Wildman–Crippen LogP) is 7.52. The topological polar surface area (TPSA) is 173 Å². The Labute approximate surface area is 331 Å². The van der Waals surface area contributed by atoms with Gasteiger partial charge in [-0.1, -0.05) is 0 Å². The molecule has 298 valence electrons. The summed E-state index contributed by atoms with van der Waals surface area (Å²) in [4.78, 5) is 63.1. The van der Waals surface area contributed by atoms with E-state index < -0.39 is 47.2 Å². The summed E-state index contributed by atoms with van der Waals surface area (Å²) in [5.74, 6) is -3.67. The number of carboxylic acid groups (broad SMARTS) is 1. The monoisotopic (exact) mass is 828 g/mol. The molecule has 3 aromatic carbocycles. The zero-order valence-electron chi connectivity index (χ0n) is 30.1. The predicted molar refractivity (Wildman–Crippen MR) is 207 cm³/mol. The molecule has 2 aliphatic rings. The number of hydrogen-bond acceptors (Lipinski definition) is 8. The van der Waals surface area contributed by atoms with Gasteiger partial charge in [-0.3, -0.25) is 9.59 Å². The summed E-state index contributed by atoms with van der Waals surface area (Å²) in [6.45, 7) is 1.54. The van der Waals surface area contributed by atoms with Crippen LogP contribution in [-0.2, 0) is 6.18 Å². The number of benzene rings is 3. The lowest BCUT2D eigenvalue weighted by Crippen LogP contribution is -2.48. The molecule has 14 nitrogen and oxygen atoms in total. The number of halogens is 5. The van der Waals surface area contributed by atoms with E-state index in [1.807, 2.05) is 11.9 Å². The molecule has 1 saturated heterocycles. The molecule has 3 aromatic heterocycles. The normalized spacial score (nSPS) is 15.9. The fourth-order valence-electron chi connectivity index (χ4n) is 7.30. The van der Waals surface area contributed by atoms with Crippen LogP contribution in [0.5, 0.6) is 11.5 Å². The summed E-state index contributed by atoms with van der Waals surface area (Å²) >= 11 is 6.35. The van der Waals surface area contributed by atoms with Crippen LogP contribution in [-0.4, -0.2) is 102 Å². The third kappa shape index (κ3) is 7.06. The van der Waals surface area contributed by atoms with E-state index in [0.29, 0.717) is 59.5 Å². The van der Waals surface area contributed by atoms with Crippen molar-refractivity contribution in [1.82, 2.24) is 19.8 Å². The molecule has 4 N–H and O–H groups in total. The van der Waals surface area contributed by atoms with Crippen LogP contribution in [0.1, 0.15) is 48.6 Å². The molecule has 2 aliphatic heterocycles. The van der Waals surface area contributed by atoms with Gasteiger partial charge in [-0.25, -0.2) is 9.59 Å². The number of piperazine rings is 1. The van der Waals surface area contributed by atoms with Gasteiger partial charge in [0, 0.05) is 78.0 Å². The highest BCUT2D eigenvalue weighted by Gasteiger charge is 2.44. The number of amides is 3. The molecule has 1 atom stereocenters. The Bertz CT molecular complexity index is 2590. The van der Waals surface area contributed by atoms with Crippen molar-refractivity contribution in [2.45, 2.75) is 12.1 Å². The van der Waals surface area contributed by atoms with Crippen molar-refractivity contribution in [2.24, 2.45) is 0 Å². The van der Waals surface area contributed by atoms with Crippen molar-refractivity contribution >= 4 is 92.0 Å². The van der Waals surface area contributed by atoms with E-state index >= 15 is 0 Å². The van der Waals surface area contributed by atoms with E-state index in [1.165, 1.54) is 23.0 Å². The van der Waals surface area contributed by atoms with E-state index in [1.54, 1.807) is 48.5 Å². The minimum atomic E-state index is -5.12. The first kappa shape index (κ1) is 39.3. The van der Waals surface area contributed by atoms with Gasteiger partial charge >= 0.3 is 18.2 Å². The summed E-state index contributed by atoms with van der Waals surface area (Å²) in [7, 11) is 3.41. The second kappa shape index (κ2) is 14.9. The zero-order chi connectivity index (χ0) is 39.6. The Morgan fingerprint density at radius 3 is 2.44 bits per heavy atom. The van der Waals surface area contributed by atoms with E-state index in [-0.39, 0.29) is 64.2 Å². The van der Waals surface area contributed by atoms with Gasteiger partial charge in [-0.2, -0.15) is 13.2 Å². The number of anilines is 2. The van der Waals surface area contributed by atoms with Gasteiger partial charge in [0.2, 0.25) is 0 Å². The number of aromatic carboxylic acids is 1. The number of aromatic amines is 2. The molecular formula is C38H33Cl2F3N6O8. The SMILES string of the molecule is COc1ccc2oc(C(=O)Nc3ccc4[nH]c(C(=O)N5C[C@@H](CCl)c6c5cc(OC(=O)N5CCN(C)CC5)c5[nH]c(C(F)(F)F)c(C(=O)O)c65)cc4c3)cc2c1.Cl. The Hall–Kier alpha value is -5.91. The highest BCUT2D eigenvalue weighted by atomic mass is 35.5. The highest BCUT2D eigenvalue weighted by molar-refractivity contribution is 6.20. The van der Waals surface area contributed by atoms with Crippen molar-refractivity contribution in [2.75, 3.05) is 63.0 Å². The molecule has 0 spiro atoms. The molecule has 3 amide bonds. The van der Waals surface area contributed by atoms with Crippen LogP contribution in [0.25, 0.3) is 32.8 Å². The number of aromatic nitrogens is 2. The first-order valence-corrected chi connectivity index (χ1v) is 17.9. The number of hydrogen-bond donors (Lipinski definition) is 4. The minimum absolute atomic E-state index is 0. The quantitative estimate of drug-likeness (QED) is 0.119. The Morgan fingerprint density at radius 2 is 1.75 bits per heavy atom. The number of nitrogens with zero attached hydrogens (tertiary/aromatic N) is 3. The molecule has 57 heavy (non-hydrogen) atoms. The number of carbonyl (C=O) groups excluding carboxylic acids is 3. The number of furan rings is 1. The molecule has 8 rings (SSSR count). The van der Waals surface area contributed by atoms with Crippen LogP contribution < -0.4 is 19.7 Å². The molecule has 1 fully saturated rings. The second-order valence-electron chi connectivity index (χ2n) is 13.6. The van der Waals surface area contributed by atoms with Crippen LogP contribution in [0.15, 0.2) is 59.0 Å². The number of alkyl halides is 4. The minimum Gasteiger partial charge on any atom is -0.497 e. The number of carbonyl (C=O) groups is 4. The smallest absolute Gasteiger partial charge is 0.432 e. The lowest BCUT2D eigenvalue weighted by Gasteiger charge is -2.31.